The third-order valence-electron chi connectivity index (χ3n) is 3.53. The highest BCUT2D eigenvalue weighted by molar-refractivity contribution is 9.11. The van der Waals surface area contributed by atoms with Gasteiger partial charge in [0.25, 0.3) is 0 Å². The van der Waals surface area contributed by atoms with Crippen molar-refractivity contribution in [2.75, 3.05) is 13.6 Å². The molecule has 0 aliphatic carbocycles. The predicted octanol–water partition coefficient (Wildman–Crippen LogP) is 6.62. The molecule has 0 radical (unpaired) electrons. The first-order chi connectivity index (χ1) is 11.4. The number of nitrogens with zero attached hydrogens (tertiary/aromatic N) is 2. The van der Waals surface area contributed by atoms with E-state index >= 15 is 0 Å². The summed E-state index contributed by atoms with van der Waals surface area (Å²) in [6.45, 7) is 7.25. The lowest BCUT2D eigenvalue weighted by Gasteiger charge is -2.13. The minimum Gasteiger partial charge on any atom is -0.457 e. The molecule has 3 nitrogen and oxygen atoms in total. The molecule has 0 saturated heterocycles. The number of hydrogen-bond donors (Lipinski definition) is 0. The molecule has 0 aromatic heterocycles. The molecule has 0 bridgehead atoms. The first kappa shape index (κ1) is 19.0. The van der Waals surface area contributed by atoms with E-state index in [0.717, 1.165) is 50.2 Å². The Bertz CT molecular complexity index is 724. The summed E-state index contributed by atoms with van der Waals surface area (Å²) in [5.74, 6) is 1.64. The maximum atomic E-state index is 6.05. The van der Waals surface area contributed by atoms with Gasteiger partial charge in [-0.1, -0.05) is 38.8 Å². The quantitative estimate of drug-likeness (QED) is 0.362. The van der Waals surface area contributed by atoms with Gasteiger partial charge in [-0.15, -0.1) is 0 Å². The first-order valence-electron chi connectivity index (χ1n) is 7.88. The van der Waals surface area contributed by atoms with E-state index in [4.69, 9.17) is 4.74 Å². The molecule has 0 atom stereocenters. The third kappa shape index (κ3) is 5.35. The standard InChI is InChI=1S/C19H22Br2N2O/c1-5-6-23(4)12-22-18-7-14(3)19(8-13(18)2)24-17-10-15(20)9-16(21)11-17/h7-12H,5-6H2,1-4H3. The van der Waals surface area contributed by atoms with Gasteiger partial charge in [0, 0.05) is 22.5 Å². The van der Waals surface area contributed by atoms with E-state index in [-0.39, 0.29) is 0 Å². The van der Waals surface area contributed by atoms with Crippen molar-refractivity contribution in [2.45, 2.75) is 27.2 Å². The second-order valence-electron chi connectivity index (χ2n) is 5.84. The molecule has 128 valence electrons. The van der Waals surface area contributed by atoms with Crippen molar-refractivity contribution in [1.82, 2.24) is 4.90 Å². The summed E-state index contributed by atoms with van der Waals surface area (Å²) in [4.78, 5) is 6.69. The van der Waals surface area contributed by atoms with Crippen LogP contribution in [0.15, 0.2) is 44.3 Å². The Morgan fingerprint density at radius 3 is 2.33 bits per heavy atom. The monoisotopic (exact) mass is 452 g/mol. The highest BCUT2D eigenvalue weighted by Crippen LogP contribution is 2.33. The van der Waals surface area contributed by atoms with Crippen LogP contribution in [0.1, 0.15) is 24.5 Å². The van der Waals surface area contributed by atoms with Gasteiger partial charge in [-0.3, -0.25) is 0 Å². The molecule has 0 aliphatic heterocycles. The Hall–Kier alpha value is -1.33. The Morgan fingerprint density at radius 1 is 1.04 bits per heavy atom. The van der Waals surface area contributed by atoms with Crippen molar-refractivity contribution in [3.8, 4) is 11.5 Å². The van der Waals surface area contributed by atoms with Crippen LogP contribution in [0.5, 0.6) is 11.5 Å². The Morgan fingerprint density at radius 2 is 1.71 bits per heavy atom. The van der Waals surface area contributed by atoms with Crippen molar-refractivity contribution in [1.29, 1.82) is 0 Å². The fourth-order valence-electron chi connectivity index (χ4n) is 2.31. The minimum absolute atomic E-state index is 0.790. The number of rotatable bonds is 6. The molecule has 0 saturated carbocycles. The summed E-state index contributed by atoms with van der Waals surface area (Å²) in [6, 6.07) is 9.98. The number of benzene rings is 2. The van der Waals surface area contributed by atoms with Crippen LogP contribution < -0.4 is 4.74 Å². The van der Waals surface area contributed by atoms with Gasteiger partial charge >= 0.3 is 0 Å². The molecule has 0 amide bonds. The van der Waals surface area contributed by atoms with Crippen LogP contribution in [-0.2, 0) is 0 Å². The highest BCUT2D eigenvalue weighted by atomic mass is 79.9. The second-order valence-corrected chi connectivity index (χ2v) is 7.67. The lowest BCUT2D eigenvalue weighted by Crippen LogP contribution is -2.16. The number of ether oxygens (including phenoxy) is 1. The smallest absolute Gasteiger partial charge is 0.130 e. The summed E-state index contributed by atoms with van der Waals surface area (Å²) >= 11 is 6.97. The van der Waals surface area contributed by atoms with E-state index in [0.29, 0.717) is 0 Å². The fourth-order valence-corrected chi connectivity index (χ4v) is 3.56. The van der Waals surface area contributed by atoms with Crippen molar-refractivity contribution in [2.24, 2.45) is 4.99 Å². The summed E-state index contributed by atoms with van der Waals surface area (Å²) in [6.07, 6.45) is 2.99. The van der Waals surface area contributed by atoms with Crippen LogP contribution >= 0.6 is 31.9 Å². The van der Waals surface area contributed by atoms with Gasteiger partial charge in [0.05, 0.1) is 12.0 Å². The van der Waals surface area contributed by atoms with Gasteiger partial charge in [0.15, 0.2) is 0 Å². The maximum absolute atomic E-state index is 6.05. The SMILES string of the molecule is CCCN(C)C=Nc1cc(C)c(Oc2cc(Br)cc(Br)c2)cc1C. The highest BCUT2D eigenvalue weighted by Gasteiger charge is 2.07. The normalized spacial score (nSPS) is 11.1. The Kier molecular flexibility index (Phi) is 6.87. The molecule has 0 aliphatic rings. The van der Waals surface area contributed by atoms with Gasteiger partial charge in [0.1, 0.15) is 11.5 Å². The number of hydrogen-bond acceptors (Lipinski definition) is 2. The molecular weight excluding hydrogens is 432 g/mol. The van der Waals surface area contributed by atoms with E-state index in [1.165, 1.54) is 0 Å². The zero-order valence-corrected chi connectivity index (χ0v) is 17.6. The van der Waals surface area contributed by atoms with Gasteiger partial charge < -0.3 is 9.64 Å². The fraction of sp³-hybridized carbons (Fsp3) is 0.316. The number of aryl methyl sites for hydroxylation is 2. The predicted molar refractivity (Wildman–Crippen MR) is 109 cm³/mol. The molecule has 2 aromatic rings. The third-order valence-corrected chi connectivity index (χ3v) is 4.44. The van der Waals surface area contributed by atoms with E-state index in [9.17, 15) is 0 Å². The molecule has 5 heteroatoms. The lowest BCUT2D eigenvalue weighted by atomic mass is 10.1. The van der Waals surface area contributed by atoms with E-state index < -0.39 is 0 Å². The van der Waals surface area contributed by atoms with E-state index in [2.05, 4.69) is 61.7 Å². The average Bonchev–Trinajstić information content (AvgIpc) is 2.48. The van der Waals surface area contributed by atoms with Crippen LogP contribution in [0.2, 0.25) is 0 Å². The van der Waals surface area contributed by atoms with Gasteiger partial charge in [-0.25, -0.2) is 4.99 Å². The Balaban J connectivity index is 2.23. The van der Waals surface area contributed by atoms with Crippen LogP contribution in [0, 0.1) is 13.8 Å². The second kappa shape index (κ2) is 8.67. The molecular formula is C19H22Br2N2O. The summed E-state index contributed by atoms with van der Waals surface area (Å²) in [7, 11) is 2.04. The summed E-state index contributed by atoms with van der Waals surface area (Å²) in [5, 5.41) is 0. The largest absolute Gasteiger partial charge is 0.457 e. The van der Waals surface area contributed by atoms with Crippen LogP contribution in [0.3, 0.4) is 0 Å². The molecule has 0 fully saturated rings. The molecule has 0 heterocycles. The van der Waals surface area contributed by atoms with Crippen LogP contribution in [-0.4, -0.2) is 24.8 Å². The van der Waals surface area contributed by atoms with Crippen molar-refractivity contribution >= 4 is 43.9 Å². The van der Waals surface area contributed by atoms with Gasteiger partial charge in [-0.05, 0) is 61.7 Å². The van der Waals surface area contributed by atoms with Crippen LogP contribution in [0.25, 0.3) is 0 Å². The van der Waals surface area contributed by atoms with Crippen LogP contribution in [0.4, 0.5) is 5.69 Å². The summed E-state index contributed by atoms with van der Waals surface area (Å²) < 4.78 is 8.00. The molecule has 0 N–H and O–H groups in total. The van der Waals surface area contributed by atoms with E-state index in [1.807, 2.05) is 44.6 Å². The maximum Gasteiger partial charge on any atom is 0.130 e. The van der Waals surface area contributed by atoms with Gasteiger partial charge in [0.2, 0.25) is 0 Å². The first-order valence-corrected chi connectivity index (χ1v) is 9.47. The molecule has 2 rings (SSSR count). The number of aliphatic imine (C=N–C) groups is 1. The summed E-state index contributed by atoms with van der Waals surface area (Å²) in [5.41, 5.74) is 3.12. The molecule has 0 unspecified atom stereocenters. The van der Waals surface area contributed by atoms with E-state index in [1.54, 1.807) is 0 Å². The van der Waals surface area contributed by atoms with Crippen molar-refractivity contribution in [3.63, 3.8) is 0 Å². The molecule has 0 spiro atoms. The van der Waals surface area contributed by atoms with Crippen molar-refractivity contribution < 1.29 is 4.74 Å². The topological polar surface area (TPSA) is 24.8 Å². The lowest BCUT2D eigenvalue weighted by molar-refractivity contribution is 0.478. The molecule has 24 heavy (non-hydrogen) atoms. The Labute approximate surface area is 161 Å². The zero-order chi connectivity index (χ0) is 17.7. The van der Waals surface area contributed by atoms with Crippen molar-refractivity contribution in [3.05, 3.63) is 50.4 Å². The molecule has 2 aromatic carbocycles. The zero-order valence-electron chi connectivity index (χ0n) is 14.4. The average molecular weight is 454 g/mol. The minimum atomic E-state index is 0.790. The van der Waals surface area contributed by atoms with Gasteiger partial charge in [-0.2, -0.15) is 0 Å². The number of halogens is 2.